The highest BCUT2D eigenvalue weighted by molar-refractivity contribution is 14.0. The maximum absolute atomic E-state index is 13.3. The zero-order chi connectivity index (χ0) is 18.4. The Morgan fingerprint density at radius 1 is 1.38 bits per heavy atom. The molecule has 1 aromatic carbocycles. The maximum Gasteiger partial charge on any atom is 0.191 e. The number of aliphatic imine (C=N–C) groups is 1. The van der Waals surface area contributed by atoms with Crippen molar-refractivity contribution in [2.45, 2.75) is 32.9 Å². The lowest BCUT2D eigenvalue weighted by Crippen LogP contribution is -2.44. The first-order chi connectivity index (χ1) is 11.8. The number of rotatable bonds is 6. The van der Waals surface area contributed by atoms with Crippen LogP contribution in [0.25, 0.3) is 0 Å². The number of hydrogen-bond acceptors (Lipinski definition) is 3. The molecule has 0 aliphatic heterocycles. The molecule has 0 amide bonds. The van der Waals surface area contributed by atoms with Gasteiger partial charge in [0.1, 0.15) is 11.4 Å². The topological polar surface area (TPSA) is 74.5 Å². The van der Waals surface area contributed by atoms with Gasteiger partial charge in [-0.2, -0.15) is 5.10 Å². The maximum atomic E-state index is 13.3. The average molecular weight is 475 g/mol. The summed E-state index contributed by atoms with van der Waals surface area (Å²) in [5, 5.41) is 21.0. The first kappa shape index (κ1) is 22.4. The largest absolute Gasteiger partial charge is 0.383 e. The Bertz CT molecular complexity index is 745. The normalized spacial score (nSPS) is 13.7. The van der Waals surface area contributed by atoms with Crippen LogP contribution in [-0.2, 0) is 19.2 Å². The van der Waals surface area contributed by atoms with Gasteiger partial charge in [-0.05, 0) is 38.0 Å². The lowest BCUT2D eigenvalue weighted by molar-refractivity contribution is 0.0616. The van der Waals surface area contributed by atoms with Crippen LogP contribution in [0.15, 0.2) is 35.6 Å². The van der Waals surface area contributed by atoms with Crippen LogP contribution in [0, 0.1) is 12.7 Å². The average Bonchev–Trinajstić information content (AvgIpc) is 3.01. The van der Waals surface area contributed by atoms with E-state index in [0.29, 0.717) is 24.6 Å². The molecule has 0 aliphatic carbocycles. The number of aliphatic hydroxyl groups is 1. The van der Waals surface area contributed by atoms with Crippen molar-refractivity contribution >= 4 is 29.9 Å². The molecule has 0 bridgehead atoms. The van der Waals surface area contributed by atoms with Gasteiger partial charge < -0.3 is 15.7 Å². The predicted molar refractivity (Wildman–Crippen MR) is 112 cm³/mol. The molecule has 1 heterocycles. The van der Waals surface area contributed by atoms with E-state index < -0.39 is 5.60 Å². The summed E-state index contributed by atoms with van der Waals surface area (Å²) in [5.41, 5.74) is 1.18. The van der Waals surface area contributed by atoms with Crippen LogP contribution >= 0.6 is 24.0 Å². The number of hydrogen-bond donors (Lipinski definition) is 3. The third kappa shape index (κ3) is 6.24. The van der Waals surface area contributed by atoms with Crippen LogP contribution < -0.4 is 10.6 Å². The van der Waals surface area contributed by atoms with Crippen LogP contribution in [0.2, 0.25) is 0 Å². The van der Waals surface area contributed by atoms with Gasteiger partial charge in [0.2, 0.25) is 0 Å². The molecule has 8 heteroatoms. The van der Waals surface area contributed by atoms with E-state index >= 15 is 0 Å². The highest BCUT2D eigenvalue weighted by Gasteiger charge is 2.24. The van der Waals surface area contributed by atoms with Crippen molar-refractivity contribution in [3.05, 3.63) is 53.1 Å². The highest BCUT2D eigenvalue weighted by Crippen LogP contribution is 2.18. The van der Waals surface area contributed by atoms with Gasteiger partial charge in [0.15, 0.2) is 5.96 Å². The van der Waals surface area contributed by atoms with E-state index in [9.17, 15) is 9.50 Å². The van der Waals surface area contributed by atoms with Gasteiger partial charge in [0.05, 0.1) is 19.3 Å². The van der Waals surface area contributed by atoms with Gasteiger partial charge in [0, 0.05) is 25.4 Å². The van der Waals surface area contributed by atoms with Gasteiger partial charge in [-0.3, -0.25) is 4.68 Å². The Morgan fingerprint density at radius 3 is 2.69 bits per heavy atom. The molecule has 1 aromatic heterocycles. The number of guanidine groups is 1. The molecule has 2 aromatic rings. The molecule has 1 unspecified atom stereocenters. The molecule has 0 fully saturated rings. The van der Waals surface area contributed by atoms with Crippen molar-refractivity contribution in [3.8, 4) is 0 Å². The van der Waals surface area contributed by atoms with Gasteiger partial charge in [0.25, 0.3) is 0 Å². The summed E-state index contributed by atoms with van der Waals surface area (Å²) in [6.07, 6.45) is 3.43. The first-order valence-corrected chi connectivity index (χ1v) is 8.30. The summed E-state index contributed by atoms with van der Waals surface area (Å²) in [7, 11) is 1.81. The van der Waals surface area contributed by atoms with E-state index in [0.717, 1.165) is 11.1 Å². The third-order valence-corrected chi connectivity index (χ3v) is 3.91. The molecule has 144 valence electrons. The Morgan fingerprint density at radius 2 is 2.12 bits per heavy atom. The Kier molecular flexibility index (Phi) is 8.48. The van der Waals surface area contributed by atoms with Crippen LogP contribution in [-0.4, -0.2) is 33.9 Å². The van der Waals surface area contributed by atoms with Crippen LogP contribution in [0.5, 0.6) is 0 Å². The van der Waals surface area contributed by atoms with E-state index in [1.807, 2.05) is 14.0 Å². The quantitative estimate of drug-likeness (QED) is 0.341. The number of aryl methyl sites for hydroxylation is 2. The lowest BCUT2D eigenvalue weighted by atomic mass is 10.00. The van der Waals surface area contributed by atoms with Gasteiger partial charge in [-0.1, -0.05) is 12.1 Å². The lowest BCUT2D eigenvalue weighted by Gasteiger charge is -2.23. The number of nitrogens with zero attached hydrogens (tertiary/aromatic N) is 3. The van der Waals surface area contributed by atoms with E-state index in [-0.39, 0.29) is 36.3 Å². The van der Waals surface area contributed by atoms with E-state index in [4.69, 9.17) is 0 Å². The Hall–Kier alpha value is -1.68. The molecule has 0 saturated heterocycles. The standard InChI is InChI=1S/C18H26FN5O.HI/c1-5-20-17(21-9-14-6-7-16(19)13(2)8-14)22-12-18(3,25)15-10-23-24(4)11-15;/h6-8,10-11,25H,5,9,12H2,1-4H3,(H2,20,21,22);1H. The van der Waals surface area contributed by atoms with Gasteiger partial charge >= 0.3 is 0 Å². The Labute approximate surface area is 170 Å². The fourth-order valence-corrected chi connectivity index (χ4v) is 2.37. The summed E-state index contributed by atoms with van der Waals surface area (Å²) in [6.45, 7) is 6.83. The molecule has 3 N–H and O–H groups in total. The fourth-order valence-electron chi connectivity index (χ4n) is 2.37. The van der Waals surface area contributed by atoms with E-state index in [1.165, 1.54) is 6.07 Å². The van der Waals surface area contributed by atoms with Crippen LogP contribution in [0.3, 0.4) is 0 Å². The second-order valence-corrected chi connectivity index (χ2v) is 6.31. The molecule has 6 nitrogen and oxygen atoms in total. The monoisotopic (exact) mass is 475 g/mol. The van der Waals surface area contributed by atoms with Crippen molar-refractivity contribution < 1.29 is 9.50 Å². The minimum Gasteiger partial charge on any atom is -0.383 e. The van der Waals surface area contributed by atoms with Crippen LogP contribution in [0.1, 0.15) is 30.5 Å². The summed E-state index contributed by atoms with van der Waals surface area (Å²) >= 11 is 0. The summed E-state index contributed by atoms with van der Waals surface area (Å²) in [6, 6.07) is 4.96. The second-order valence-electron chi connectivity index (χ2n) is 6.31. The molecule has 1 atom stereocenters. The number of benzene rings is 1. The molecular formula is C18H27FIN5O. The molecule has 26 heavy (non-hydrogen) atoms. The molecule has 0 spiro atoms. The van der Waals surface area contributed by atoms with Crippen molar-refractivity contribution in [2.24, 2.45) is 12.0 Å². The van der Waals surface area contributed by atoms with Gasteiger partial charge in [-0.15, -0.1) is 24.0 Å². The zero-order valence-electron chi connectivity index (χ0n) is 15.6. The van der Waals surface area contributed by atoms with Crippen molar-refractivity contribution in [3.63, 3.8) is 0 Å². The predicted octanol–water partition coefficient (Wildman–Crippen LogP) is 2.45. The minimum atomic E-state index is -1.07. The number of aromatic nitrogens is 2. The summed E-state index contributed by atoms with van der Waals surface area (Å²) in [4.78, 5) is 4.50. The molecular weight excluding hydrogens is 448 g/mol. The second kappa shape index (κ2) is 9.86. The van der Waals surface area contributed by atoms with Crippen molar-refractivity contribution in [1.82, 2.24) is 20.4 Å². The van der Waals surface area contributed by atoms with Crippen LogP contribution in [0.4, 0.5) is 4.39 Å². The van der Waals surface area contributed by atoms with E-state index in [2.05, 4.69) is 20.7 Å². The fraction of sp³-hybridized carbons (Fsp3) is 0.444. The van der Waals surface area contributed by atoms with Crippen molar-refractivity contribution in [2.75, 3.05) is 13.1 Å². The van der Waals surface area contributed by atoms with Gasteiger partial charge in [-0.25, -0.2) is 9.38 Å². The SMILES string of the molecule is CCNC(=NCc1ccc(F)c(C)c1)NCC(C)(O)c1cnn(C)c1.I. The minimum absolute atomic E-state index is 0. The number of nitrogens with one attached hydrogen (secondary N) is 2. The summed E-state index contributed by atoms with van der Waals surface area (Å²) in [5.74, 6) is 0.374. The van der Waals surface area contributed by atoms with E-state index in [1.54, 1.807) is 43.1 Å². The molecule has 0 saturated carbocycles. The number of halogens is 2. The first-order valence-electron chi connectivity index (χ1n) is 8.30. The molecule has 0 radical (unpaired) electrons. The Balaban J connectivity index is 0.00000338. The summed E-state index contributed by atoms with van der Waals surface area (Å²) < 4.78 is 15.0. The van der Waals surface area contributed by atoms with Crippen molar-refractivity contribution in [1.29, 1.82) is 0 Å². The third-order valence-electron chi connectivity index (χ3n) is 3.91. The highest BCUT2D eigenvalue weighted by atomic mass is 127. The molecule has 0 aliphatic rings. The smallest absolute Gasteiger partial charge is 0.191 e. The zero-order valence-corrected chi connectivity index (χ0v) is 17.9. The molecule has 2 rings (SSSR count).